The number of rotatable bonds is 12. The summed E-state index contributed by atoms with van der Waals surface area (Å²) in [5.41, 5.74) is 1.64. The van der Waals surface area contributed by atoms with Crippen LogP contribution in [0.15, 0.2) is 54.6 Å². The Hall–Kier alpha value is -2.82. The number of anilines is 1. The van der Waals surface area contributed by atoms with Crippen LogP contribution in [0.5, 0.6) is 5.75 Å². The van der Waals surface area contributed by atoms with Gasteiger partial charge in [-0.1, -0.05) is 30.3 Å². The van der Waals surface area contributed by atoms with E-state index in [0.717, 1.165) is 11.3 Å². The van der Waals surface area contributed by atoms with Crippen molar-refractivity contribution < 1.29 is 32.2 Å². The van der Waals surface area contributed by atoms with Crippen LogP contribution in [-0.4, -0.2) is 81.2 Å². The van der Waals surface area contributed by atoms with Crippen LogP contribution < -0.4 is 10.1 Å². The monoisotopic (exact) mass is 495 g/mol. The maximum atomic E-state index is 12.6. The van der Waals surface area contributed by atoms with E-state index in [0.29, 0.717) is 64.7 Å². The Kier molecular flexibility index (Phi) is 10.6. The fourth-order valence-corrected chi connectivity index (χ4v) is 3.62. The molecule has 2 aromatic rings. The Balaban J connectivity index is 1.30. The average Bonchev–Trinajstić information content (AvgIpc) is 2.84. The molecule has 0 saturated carbocycles. The summed E-state index contributed by atoms with van der Waals surface area (Å²) in [5, 5.41) is 2.93. The fourth-order valence-electron chi connectivity index (χ4n) is 3.62. The Labute approximate surface area is 203 Å². The zero-order valence-electron chi connectivity index (χ0n) is 19.6. The van der Waals surface area contributed by atoms with Crippen LogP contribution in [0.1, 0.15) is 12.0 Å². The van der Waals surface area contributed by atoms with Gasteiger partial charge in [-0.25, -0.2) is 4.79 Å². The third kappa shape index (κ3) is 10.5. The highest BCUT2D eigenvalue weighted by atomic mass is 19.4. The van der Waals surface area contributed by atoms with Crippen LogP contribution in [0.3, 0.4) is 0 Å². The fraction of sp³-hybridized carbons (Fsp3) is 0.480. The van der Waals surface area contributed by atoms with E-state index in [4.69, 9.17) is 9.47 Å². The van der Waals surface area contributed by atoms with E-state index in [2.05, 4.69) is 15.0 Å². The van der Waals surface area contributed by atoms with Gasteiger partial charge in [-0.3, -0.25) is 4.90 Å². The molecule has 0 bridgehead atoms. The molecular weight excluding hydrogens is 463 g/mol. The van der Waals surface area contributed by atoms with Gasteiger partial charge >= 0.3 is 12.2 Å². The third-order valence-corrected chi connectivity index (χ3v) is 5.37. The van der Waals surface area contributed by atoms with Crippen LogP contribution >= 0.6 is 0 Å². The van der Waals surface area contributed by atoms with E-state index in [9.17, 15) is 18.0 Å². The molecule has 0 spiro atoms. The summed E-state index contributed by atoms with van der Waals surface area (Å²) >= 11 is 0. The van der Waals surface area contributed by atoms with Crippen molar-refractivity contribution in [3.05, 3.63) is 60.2 Å². The maximum Gasteiger partial charge on any atom is 0.411 e. The van der Waals surface area contributed by atoms with E-state index in [1.165, 1.54) is 0 Å². The molecule has 0 unspecified atom stereocenters. The number of para-hydroxylation sites is 1. The van der Waals surface area contributed by atoms with Crippen molar-refractivity contribution in [3.63, 3.8) is 0 Å². The molecule has 2 amide bonds. The van der Waals surface area contributed by atoms with E-state index >= 15 is 0 Å². The lowest BCUT2D eigenvalue weighted by atomic mass is 10.2. The second-order valence-electron chi connectivity index (χ2n) is 8.19. The zero-order chi connectivity index (χ0) is 24.9. The number of nitrogens with one attached hydrogen (secondary N) is 1. The van der Waals surface area contributed by atoms with Crippen LogP contribution in [-0.2, 0) is 16.1 Å². The predicted molar refractivity (Wildman–Crippen MR) is 127 cm³/mol. The molecule has 1 fully saturated rings. The van der Waals surface area contributed by atoms with Crippen molar-refractivity contribution in [1.29, 1.82) is 0 Å². The van der Waals surface area contributed by atoms with Gasteiger partial charge < -0.3 is 24.4 Å². The number of halogens is 3. The van der Waals surface area contributed by atoms with E-state index in [-0.39, 0.29) is 12.6 Å². The minimum absolute atomic E-state index is 0.0698. The molecule has 1 heterocycles. The highest BCUT2D eigenvalue weighted by Gasteiger charge is 2.27. The van der Waals surface area contributed by atoms with Gasteiger partial charge in [0.1, 0.15) is 19.0 Å². The summed E-state index contributed by atoms with van der Waals surface area (Å²) in [6, 6.07) is 16.9. The number of urea groups is 1. The molecule has 3 rings (SSSR count). The average molecular weight is 496 g/mol. The van der Waals surface area contributed by atoms with Crippen molar-refractivity contribution in [2.45, 2.75) is 19.2 Å². The summed E-state index contributed by atoms with van der Waals surface area (Å²) in [5.74, 6) is 0.802. The molecule has 1 aliphatic rings. The summed E-state index contributed by atoms with van der Waals surface area (Å²) in [4.78, 5) is 16.5. The smallest absolute Gasteiger partial charge is 0.411 e. The predicted octanol–water partition coefficient (Wildman–Crippen LogP) is 4.40. The normalized spacial score (nSPS) is 14.7. The number of piperazine rings is 1. The van der Waals surface area contributed by atoms with Crippen LogP contribution in [0.4, 0.5) is 23.7 Å². The molecule has 7 nitrogen and oxygen atoms in total. The molecule has 0 aromatic heterocycles. The van der Waals surface area contributed by atoms with Crippen molar-refractivity contribution in [1.82, 2.24) is 9.80 Å². The largest absolute Gasteiger partial charge is 0.491 e. The zero-order valence-corrected chi connectivity index (χ0v) is 19.6. The van der Waals surface area contributed by atoms with Crippen LogP contribution in [0.2, 0.25) is 0 Å². The number of alkyl halides is 3. The van der Waals surface area contributed by atoms with Gasteiger partial charge in [0.15, 0.2) is 0 Å². The summed E-state index contributed by atoms with van der Waals surface area (Å²) in [7, 11) is 0. The van der Waals surface area contributed by atoms with Crippen LogP contribution in [0.25, 0.3) is 0 Å². The number of ether oxygens (including phenoxy) is 3. The Morgan fingerprint density at radius 3 is 2.43 bits per heavy atom. The number of nitrogens with zero attached hydrogens (tertiary/aromatic N) is 2. The van der Waals surface area contributed by atoms with Crippen molar-refractivity contribution >= 4 is 11.7 Å². The molecule has 0 atom stereocenters. The highest BCUT2D eigenvalue weighted by molar-refractivity contribution is 5.89. The molecule has 1 saturated heterocycles. The van der Waals surface area contributed by atoms with Crippen molar-refractivity contribution in [2.75, 3.05) is 64.5 Å². The van der Waals surface area contributed by atoms with Crippen molar-refractivity contribution in [2.24, 2.45) is 0 Å². The lowest BCUT2D eigenvalue weighted by Gasteiger charge is -2.34. The van der Waals surface area contributed by atoms with Gasteiger partial charge in [-0.2, -0.15) is 13.2 Å². The Morgan fingerprint density at radius 1 is 0.914 bits per heavy atom. The molecular formula is C25H32F3N3O4. The van der Waals surface area contributed by atoms with Gasteiger partial charge in [-0.05, 0) is 36.2 Å². The molecule has 1 aliphatic heterocycles. The van der Waals surface area contributed by atoms with Crippen molar-refractivity contribution in [3.8, 4) is 5.75 Å². The third-order valence-electron chi connectivity index (χ3n) is 5.37. The first-order chi connectivity index (χ1) is 16.9. The van der Waals surface area contributed by atoms with Gasteiger partial charge in [0.25, 0.3) is 0 Å². The Morgan fingerprint density at radius 2 is 1.69 bits per heavy atom. The number of benzene rings is 2. The van der Waals surface area contributed by atoms with Gasteiger partial charge in [0, 0.05) is 45.0 Å². The second kappa shape index (κ2) is 13.9. The van der Waals surface area contributed by atoms with Crippen LogP contribution in [0, 0.1) is 0 Å². The first-order valence-corrected chi connectivity index (χ1v) is 11.7. The molecule has 192 valence electrons. The van der Waals surface area contributed by atoms with Gasteiger partial charge in [0.2, 0.25) is 0 Å². The molecule has 2 aromatic carbocycles. The number of carbonyl (C=O) groups is 1. The summed E-state index contributed by atoms with van der Waals surface area (Å²) in [6.07, 6.45) is -3.77. The van der Waals surface area contributed by atoms with E-state index < -0.39 is 12.8 Å². The topological polar surface area (TPSA) is 63.3 Å². The molecule has 1 N–H and O–H groups in total. The first kappa shape index (κ1) is 26.8. The number of hydrogen-bond donors (Lipinski definition) is 1. The van der Waals surface area contributed by atoms with E-state index in [1.807, 2.05) is 54.6 Å². The first-order valence-electron chi connectivity index (χ1n) is 11.7. The standard InChI is InChI=1S/C25H32F3N3O4/c26-25(27,28)20-34-15-5-10-30-11-13-31(14-12-30)24(32)29-22-7-4-6-21(18-22)19-33-16-17-35-23-8-2-1-3-9-23/h1-4,6-9,18H,5,10-17,19-20H2,(H,29,32). The van der Waals surface area contributed by atoms with Gasteiger partial charge in [0.05, 0.1) is 13.2 Å². The Bertz CT molecular complexity index is 891. The summed E-state index contributed by atoms with van der Waals surface area (Å²) < 4.78 is 52.2. The summed E-state index contributed by atoms with van der Waals surface area (Å²) in [6.45, 7) is 3.27. The molecule has 0 radical (unpaired) electrons. The minimum atomic E-state index is -4.29. The number of hydrogen-bond acceptors (Lipinski definition) is 5. The highest BCUT2D eigenvalue weighted by Crippen LogP contribution is 2.15. The molecule has 35 heavy (non-hydrogen) atoms. The molecule has 0 aliphatic carbocycles. The van der Waals surface area contributed by atoms with Gasteiger partial charge in [-0.15, -0.1) is 0 Å². The number of carbonyl (C=O) groups excluding carboxylic acids is 1. The maximum absolute atomic E-state index is 12.6. The second-order valence-corrected chi connectivity index (χ2v) is 8.19. The SMILES string of the molecule is O=C(Nc1cccc(COCCOc2ccccc2)c1)N1CCN(CCCOCC(F)(F)F)CC1. The lowest BCUT2D eigenvalue weighted by molar-refractivity contribution is -0.174. The lowest BCUT2D eigenvalue weighted by Crippen LogP contribution is -2.50. The quantitative estimate of drug-likeness (QED) is 0.443. The number of amides is 2. The van der Waals surface area contributed by atoms with E-state index in [1.54, 1.807) is 4.90 Å². The molecule has 10 heteroatoms. The minimum Gasteiger partial charge on any atom is -0.491 e.